The number of halogens is 3. The molecule has 0 saturated carbocycles. The number of hydrogen-bond donors (Lipinski definition) is 1. The molecule has 0 bridgehead atoms. The molecule has 0 radical (unpaired) electrons. The molecule has 116 valence electrons. The van der Waals surface area contributed by atoms with Crippen molar-refractivity contribution < 1.29 is 22.8 Å². The predicted octanol–water partition coefficient (Wildman–Crippen LogP) is 3.59. The van der Waals surface area contributed by atoms with Crippen molar-refractivity contribution in [2.75, 3.05) is 18.5 Å². The molecule has 1 heterocycles. The molecular weight excluding hydrogens is 289 g/mol. The van der Waals surface area contributed by atoms with Gasteiger partial charge in [-0.25, -0.2) is 0 Å². The first-order chi connectivity index (χ1) is 9.88. The smallest absolute Gasteiger partial charge is 0.381 e. The summed E-state index contributed by atoms with van der Waals surface area (Å²) in [4.78, 5) is 10.2. The third kappa shape index (κ3) is 4.07. The first-order valence-electron chi connectivity index (χ1n) is 6.58. The van der Waals surface area contributed by atoms with Crippen LogP contribution in [0.3, 0.4) is 0 Å². The number of nitrogens with zero attached hydrogens (tertiary/aromatic N) is 1. The van der Waals surface area contributed by atoms with Gasteiger partial charge in [0.25, 0.3) is 5.69 Å². The zero-order valence-electron chi connectivity index (χ0n) is 11.2. The lowest BCUT2D eigenvalue weighted by Gasteiger charge is -2.17. The Balaban J connectivity index is 2.24. The summed E-state index contributed by atoms with van der Waals surface area (Å²) in [6.45, 7) is 1.17. The van der Waals surface area contributed by atoms with Crippen LogP contribution in [0.1, 0.15) is 24.8 Å². The standard InChI is InChI=1S/C13H15F3N2O3/c14-13(15,16)9-3-4-11(12(8-9)18(19)20)17-10-2-1-6-21-7-5-10/h3-4,8,10,17H,1-2,5-7H2. The van der Waals surface area contributed by atoms with E-state index in [2.05, 4.69) is 5.32 Å². The van der Waals surface area contributed by atoms with Gasteiger partial charge in [-0.3, -0.25) is 10.1 Å². The van der Waals surface area contributed by atoms with Crippen molar-refractivity contribution in [2.24, 2.45) is 0 Å². The van der Waals surface area contributed by atoms with Crippen LogP contribution in [0.5, 0.6) is 0 Å². The van der Waals surface area contributed by atoms with Crippen LogP contribution < -0.4 is 5.32 Å². The first kappa shape index (κ1) is 15.6. The molecule has 1 aliphatic heterocycles. The zero-order valence-corrected chi connectivity index (χ0v) is 11.2. The van der Waals surface area contributed by atoms with Gasteiger partial charge in [0, 0.05) is 25.3 Å². The van der Waals surface area contributed by atoms with E-state index in [4.69, 9.17) is 4.74 Å². The van der Waals surface area contributed by atoms with E-state index < -0.39 is 22.4 Å². The Morgan fingerprint density at radius 3 is 2.71 bits per heavy atom. The molecule has 1 saturated heterocycles. The second kappa shape index (κ2) is 6.30. The van der Waals surface area contributed by atoms with Crippen LogP contribution in [0.25, 0.3) is 0 Å². The first-order valence-corrected chi connectivity index (χ1v) is 6.58. The highest BCUT2D eigenvalue weighted by molar-refractivity contribution is 5.63. The van der Waals surface area contributed by atoms with Crippen LogP contribution in [-0.4, -0.2) is 24.2 Å². The summed E-state index contributed by atoms with van der Waals surface area (Å²) in [5.41, 5.74) is -1.47. The van der Waals surface area contributed by atoms with Gasteiger partial charge in [-0.15, -0.1) is 0 Å². The summed E-state index contributed by atoms with van der Waals surface area (Å²) < 4.78 is 43.1. The Labute approximate surface area is 119 Å². The van der Waals surface area contributed by atoms with Gasteiger partial charge in [-0.05, 0) is 31.4 Å². The van der Waals surface area contributed by atoms with E-state index in [9.17, 15) is 23.3 Å². The van der Waals surface area contributed by atoms with Crippen LogP contribution in [0.15, 0.2) is 18.2 Å². The lowest BCUT2D eigenvalue weighted by molar-refractivity contribution is -0.384. The topological polar surface area (TPSA) is 64.4 Å². The van der Waals surface area contributed by atoms with Crippen molar-refractivity contribution in [3.05, 3.63) is 33.9 Å². The maximum atomic E-state index is 12.6. The monoisotopic (exact) mass is 304 g/mol. The molecule has 1 unspecified atom stereocenters. The number of rotatable bonds is 3. The number of nitro groups is 1. The Kier molecular flexibility index (Phi) is 4.66. The second-order valence-corrected chi connectivity index (χ2v) is 4.87. The van der Waals surface area contributed by atoms with Crippen LogP contribution in [0.2, 0.25) is 0 Å². The lowest BCUT2D eigenvalue weighted by atomic mass is 10.1. The fourth-order valence-corrected chi connectivity index (χ4v) is 2.25. The molecule has 8 heteroatoms. The van der Waals surface area contributed by atoms with Gasteiger partial charge in [-0.2, -0.15) is 13.2 Å². The average Bonchev–Trinajstić information content (AvgIpc) is 2.66. The maximum Gasteiger partial charge on any atom is 0.416 e. The Hall–Kier alpha value is -1.83. The third-order valence-electron chi connectivity index (χ3n) is 3.33. The molecule has 5 nitrogen and oxygen atoms in total. The number of alkyl halides is 3. The van der Waals surface area contributed by atoms with Gasteiger partial charge in [0.2, 0.25) is 0 Å². The molecule has 1 aromatic carbocycles. The minimum absolute atomic E-state index is 0.0389. The van der Waals surface area contributed by atoms with E-state index in [1.54, 1.807) is 0 Å². The number of nitrogens with one attached hydrogen (secondary N) is 1. The largest absolute Gasteiger partial charge is 0.416 e. The molecule has 1 fully saturated rings. The Morgan fingerprint density at radius 2 is 2.05 bits per heavy atom. The van der Waals surface area contributed by atoms with Crippen LogP contribution in [0, 0.1) is 10.1 Å². The van der Waals surface area contributed by atoms with Crippen LogP contribution in [0.4, 0.5) is 24.5 Å². The van der Waals surface area contributed by atoms with Gasteiger partial charge in [-0.1, -0.05) is 0 Å². The molecular formula is C13H15F3N2O3. The molecule has 1 N–H and O–H groups in total. The average molecular weight is 304 g/mol. The zero-order chi connectivity index (χ0) is 15.5. The minimum atomic E-state index is -4.60. The van der Waals surface area contributed by atoms with Crippen molar-refractivity contribution in [3.8, 4) is 0 Å². The summed E-state index contributed by atoms with van der Waals surface area (Å²) >= 11 is 0. The molecule has 1 atom stereocenters. The van der Waals surface area contributed by atoms with Crippen molar-refractivity contribution in [1.82, 2.24) is 0 Å². The van der Waals surface area contributed by atoms with E-state index in [0.717, 1.165) is 25.0 Å². The Morgan fingerprint density at radius 1 is 1.29 bits per heavy atom. The fourth-order valence-electron chi connectivity index (χ4n) is 2.25. The summed E-state index contributed by atoms with van der Waals surface area (Å²) in [5, 5.41) is 13.9. The van der Waals surface area contributed by atoms with E-state index in [1.165, 1.54) is 0 Å². The molecule has 2 rings (SSSR count). The molecule has 21 heavy (non-hydrogen) atoms. The highest BCUT2D eigenvalue weighted by Crippen LogP contribution is 2.35. The number of hydrogen-bond acceptors (Lipinski definition) is 4. The van der Waals surface area contributed by atoms with Gasteiger partial charge in [0.05, 0.1) is 10.5 Å². The van der Waals surface area contributed by atoms with Crippen molar-refractivity contribution in [1.29, 1.82) is 0 Å². The SMILES string of the molecule is O=[N+]([O-])c1cc(C(F)(F)F)ccc1NC1CCCOCC1. The minimum Gasteiger partial charge on any atom is -0.381 e. The summed E-state index contributed by atoms with van der Waals surface area (Å²) in [6.07, 6.45) is -2.36. The molecule has 0 aliphatic carbocycles. The van der Waals surface area contributed by atoms with E-state index in [1.807, 2.05) is 0 Å². The van der Waals surface area contributed by atoms with E-state index >= 15 is 0 Å². The quantitative estimate of drug-likeness (QED) is 0.684. The molecule has 0 spiro atoms. The number of nitro benzene ring substituents is 1. The summed E-state index contributed by atoms with van der Waals surface area (Å²) in [5.74, 6) is 0. The predicted molar refractivity (Wildman–Crippen MR) is 70.2 cm³/mol. The number of ether oxygens (including phenoxy) is 1. The van der Waals surface area contributed by atoms with Crippen LogP contribution >= 0.6 is 0 Å². The summed E-state index contributed by atoms with van der Waals surface area (Å²) in [6, 6.07) is 2.49. The molecule has 1 aromatic rings. The van der Waals surface area contributed by atoms with Gasteiger partial charge >= 0.3 is 6.18 Å². The number of benzene rings is 1. The van der Waals surface area contributed by atoms with Crippen molar-refractivity contribution in [2.45, 2.75) is 31.5 Å². The maximum absolute atomic E-state index is 12.6. The number of anilines is 1. The highest BCUT2D eigenvalue weighted by atomic mass is 19.4. The van der Waals surface area contributed by atoms with Crippen molar-refractivity contribution in [3.63, 3.8) is 0 Å². The third-order valence-corrected chi connectivity index (χ3v) is 3.33. The molecule has 1 aliphatic rings. The summed E-state index contributed by atoms with van der Waals surface area (Å²) in [7, 11) is 0. The highest BCUT2D eigenvalue weighted by Gasteiger charge is 2.33. The van der Waals surface area contributed by atoms with Gasteiger partial charge in [0.15, 0.2) is 0 Å². The van der Waals surface area contributed by atoms with Crippen molar-refractivity contribution >= 4 is 11.4 Å². The van der Waals surface area contributed by atoms with Crippen LogP contribution in [-0.2, 0) is 10.9 Å². The normalized spacial score (nSPS) is 19.9. The van der Waals surface area contributed by atoms with Gasteiger partial charge < -0.3 is 10.1 Å². The van der Waals surface area contributed by atoms with Gasteiger partial charge in [0.1, 0.15) is 5.69 Å². The van der Waals surface area contributed by atoms with E-state index in [-0.39, 0.29) is 11.7 Å². The molecule has 0 aromatic heterocycles. The molecule has 0 amide bonds. The fraction of sp³-hybridized carbons (Fsp3) is 0.538. The van der Waals surface area contributed by atoms with E-state index in [0.29, 0.717) is 25.7 Å². The lowest BCUT2D eigenvalue weighted by Crippen LogP contribution is -2.20. The second-order valence-electron chi connectivity index (χ2n) is 4.87. The Bertz CT molecular complexity index is 512.